The normalized spacial score (nSPS) is 11.2. The van der Waals surface area contributed by atoms with E-state index in [0.29, 0.717) is 0 Å². The number of phenolic OH excluding ortho intramolecular Hbond substituents is 3. The van der Waals surface area contributed by atoms with Crippen molar-refractivity contribution in [1.82, 2.24) is 0 Å². The number of rotatable bonds is 3. The van der Waals surface area contributed by atoms with Crippen molar-refractivity contribution in [2.75, 3.05) is 7.11 Å². The van der Waals surface area contributed by atoms with Crippen LogP contribution in [-0.2, 0) is 10.1 Å². The van der Waals surface area contributed by atoms with Crippen molar-refractivity contribution in [3.8, 4) is 34.1 Å². The van der Waals surface area contributed by atoms with Crippen LogP contribution in [0.4, 0.5) is 0 Å². The standard InChI is InChI=1S/C16H12O9S.Na/c1-24-16-10(18)5-11-13(15(16)20)14(19)8(6-25-11)7-2-3-9(17)12(4-7)26(21,22)23;/h2-6,17-18,20H,1H3,(H,21,22,23);/q;+1/p-1. The Bertz CT molecular complexity index is 1200. The molecule has 1 heterocycles. The Morgan fingerprint density at radius 1 is 1.11 bits per heavy atom. The molecule has 1 aromatic heterocycles. The molecule has 3 rings (SSSR count). The van der Waals surface area contributed by atoms with Gasteiger partial charge in [-0.15, -0.1) is 0 Å². The van der Waals surface area contributed by atoms with Crippen LogP contribution in [0.1, 0.15) is 0 Å². The molecule has 0 saturated carbocycles. The van der Waals surface area contributed by atoms with Crippen LogP contribution in [0.25, 0.3) is 22.1 Å². The minimum atomic E-state index is -4.98. The number of phenols is 3. The molecule has 0 bridgehead atoms. The summed E-state index contributed by atoms with van der Waals surface area (Å²) in [5, 5.41) is 29.2. The first-order valence-corrected chi connectivity index (χ1v) is 8.39. The van der Waals surface area contributed by atoms with Crippen molar-refractivity contribution in [3.05, 3.63) is 40.8 Å². The van der Waals surface area contributed by atoms with Gasteiger partial charge in [-0.1, -0.05) is 6.07 Å². The molecular formula is C16H11NaO9S. The zero-order valence-corrected chi connectivity index (χ0v) is 16.9. The molecule has 27 heavy (non-hydrogen) atoms. The Morgan fingerprint density at radius 2 is 1.78 bits per heavy atom. The quantitative estimate of drug-likeness (QED) is 0.350. The Kier molecular flexibility index (Phi) is 5.78. The molecule has 0 unspecified atom stereocenters. The monoisotopic (exact) mass is 402 g/mol. The van der Waals surface area contributed by atoms with Crippen molar-refractivity contribution in [3.63, 3.8) is 0 Å². The van der Waals surface area contributed by atoms with Crippen molar-refractivity contribution in [2.24, 2.45) is 0 Å². The molecule has 9 nitrogen and oxygen atoms in total. The number of hydrogen-bond donors (Lipinski definition) is 3. The number of fused-ring (bicyclic) bond motifs is 1. The molecule has 0 atom stereocenters. The van der Waals surface area contributed by atoms with Gasteiger partial charge in [-0.2, -0.15) is 0 Å². The molecule has 3 N–H and O–H groups in total. The van der Waals surface area contributed by atoms with E-state index in [0.717, 1.165) is 24.5 Å². The largest absolute Gasteiger partial charge is 1.00 e. The smallest absolute Gasteiger partial charge is 0.744 e. The fourth-order valence-electron chi connectivity index (χ4n) is 2.52. The van der Waals surface area contributed by atoms with Crippen molar-refractivity contribution in [2.45, 2.75) is 4.90 Å². The molecule has 0 saturated heterocycles. The van der Waals surface area contributed by atoms with E-state index in [1.807, 2.05) is 0 Å². The predicted molar refractivity (Wildman–Crippen MR) is 87.4 cm³/mol. The van der Waals surface area contributed by atoms with Crippen molar-refractivity contribution >= 4 is 21.1 Å². The minimum Gasteiger partial charge on any atom is -0.744 e. The first kappa shape index (κ1) is 21.1. The van der Waals surface area contributed by atoms with Gasteiger partial charge in [0.15, 0.2) is 11.5 Å². The number of ether oxygens (including phenoxy) is 1. The first-order valence-electron chi connectivity index (χ1n) is 6.99. The second kappa shape index (κ2) is 7.41. The van der Waals surface area contributed by atoms with Crippen molar-refractivity contribution < 1.29 is 67.0 Å². The molecule has 11 heteroatoms. The van der Waals surface area contributed by atoms with Gasteiger partial charge in [0, 0.05) is 6.07 Å². The summed E-state index contributed by atoms with van der Waals surface area (Å²) >= 11 is 0. The van der Waals surface area contributed by atoms with Crippen LogP contribution in [0.15, 0.2) is 44.6 Å². The second-order valence-corrected chi connectivity index (χ2v) is 6.61. The van der Waals surface area contributed by atoms with E-state index in [-0.39, 0.29) is 57.4 Å². The maximum atomic E-state index is 12.7. The van der Waals surface area contributed by atoms with Gasteiger partial charge in [0.1, 0.15) is 33.1 Å². The SMILES string of the molecule is COc1c(O)cc2occ(-c3ccc(O)c(S(=O)(=O)[O-])c3)c(=O)c2c1O.[Na+]. The average Bonchev–Trinajstić information content (AvgIpc) is 2.55. The molecule has 2 aromatic carbocycles. The van der Waals surface area contributed by atoms with E-state index >= 15 is 0 Å². The van der Waals surface area contributed by atoms with E-state index in [1.54, 1.807) is 0 Å². The van der Waals surface area contributed by atoms with Crippen molar-refractivity contribution in [1.29, 1.82) is 0 Å². The molecule has 0 spiro atoms. The number of methoxy groups -OCH3 is 1. The molecule has 3 aromatic rings. The van der Waals surface area contributed by atoms with Gasteiger partial charge in [0.05, 0.1) is 17.6 Å². The fraction of sp³-hybridized carbons (Fsp3) is 0.0625. The number of hydrogen-bond acceptors (Lipinski definition) is 9. The summed E-state index contributed by atoms with van der Waals surface area (Å²) in [6.45, 7) is 0. The van der Waals surface area contributed by atoms with Gasteiger partial charge >= 0.3 is 29.6 Å². The van der Waals surface area contributed by atoms with E-state index in [4.69, 9.17) is 9.15 Å². The summed E-state index contributed by atoms with van der Waals surface area (Å²) in [4.78, 5) is 11.8. The van der Waals surface area contributed by atoms with Gasteiger partial charge in [-0.25, -0.2) is 8.42 Å². The van der Waals surface area contributed by atoms with Gasteiger partial charge in [-0.05, 0) is 17.7 Å². The molecular weight excluding hydrogens is 391 g/mol. The Morgan fingerprint density at radius 3 is 2.37 bits per heavy atom. The van der Waals surface area contributed by atoms with E-state index in [9.17, 15) is 33.1 Å². The van der Waals surface area contributed by atoms with Crippen LogP contribution in [0, 0.1) is 0 Å². The Hall–Kier alpha value is -2.24. The Balaban J connectivity index is 0.00000261. The van der Waals surface area contributed by atoms with Crippen LogP contribution in [0.3, 0.4) is 0 Å². The number of benzene rings is 2. The maximum Gasteiger partial charge on any atom is 1.00 e. The summed E-state index contributed by atoms with van der Waals surface area (Å²) in [5.41, 5.74) is -1.10. The Labute approximate surface area is 174 Å². The van der Waals surface area contributed by atoms with Crippen LogP contribution in [-0.4, -0.2) is 35.4 Å². The third kappa shape index (κ3) is 3.62. The van der Waals surface area contributed by atoms with Crippen LogP contribution in [0.2, 0.25) is 0 Å². The van der Waals surface area contributed by atoms with E-state index in [2.05, 4.69) is 0 Å². The third-order valence-electron chi connectivity index (χ3n) is 3.72. The summed E-state index contributed by atoms with van der Waals surface area (Å²) < 4.78 is 43.7. The fourth-order valence-corrected chi connectivity index (χ4v) is 3.11. The molecule has 0 fully saturated rings. The van der Waals surface area contributed by atoms with Gasteiger partial charge < -0.3 is 29.0 Å². The van der Waals surface area contributed by atoms with Crippen LogP contribution >= 0.6 is 0 Å². The molecule has 0 aliphatic carbocycles. The molecule has 0 aliphatic rings. The maximum absolute atomic E-state index is 12.7. The summed E-state index contributed by atoms with van der Waals surface area (Å²) in [7, 11) is -3.80. The zero-order chi connectivity index (χ0) is 19.2. The molecule has 136 valence electrons. The molecule has 0 amide bonds. The summed E-state index contributed by atoms with van der Waals surface area (Å²) in [6.07, 6.45) is 0.976. The van der Waals surface area contributed by atoms with Gasteiger partial charge in [0.25, 0.3) is 0 Å². The zero-order valence-electron chi connectivity index (χ0n) is 14.1. The predicted octanol–water partition coefficient (Wildman–Crippen LogP) is -1.51. The average molecular weight is 402 g/mol. The van der Waals surface area contributed by atoms with Gasteiger partial charge in [-0.3, -0.25) is 4.79 Å². The number of aromatic hydroxyl groups is 3. The van der Waals surface area contributed by atoms with Crippen LogP contribution < -0.4 is 39.7 Å². The summed E-state index contributed by atoms with van der Waals surface area (Å²) in [5.74, 6) is -2.20. The minimum absolute atomic E-state index is 0. The van der Waals surface area contributed by atoms with Crippen LogP contribution in [0.5, 0.6) is 23.0 Å². The van der Waals surface area contributed by atoms with E-state index in [1.165, 1.54) is 13.2 Å². The van der Waals surface area contributed by atoms with Gasteiger partial charge in [0.2, 0.25) is 11.2 Å². The second-order valence-electron chi connectivity index (χ2n) is 5.27. The topological polar surface area (TPSA) is 157 Å². The molecule has 0 radical (unpaired) electrons. The summed E-state index contributed by atoms with van der Waals surface area (Å²) in [6, 6.07) is 4.05. The first-order chi connectivity index (χ1) is 12.1. The molecule has 0 aliphatic heterocycles. The third-order valence-corrected chi connectivity index (χ3v) is 4.58. The van der Waals surface area contributed by atoms with E-state index < -0.39 is 37.7 Å².